The summed E-state index contributed by atoms with van der Waals surface area (Å²) in [5, 5.41) is 8.39. The topological polar surface area (TPSA) is 48.3 Å². The molecule has 2 heterocycles. The van der Waals surface area contributed by atoms with Crippen molar-refractivity contribution in [3.63, 3.8) is 0 Å². The first-order valence-corrected chi connectivity index (χ1v) is 9.21. The van der Waals surface area contributed by atoms with E-state index in [4.69, 9.17) is 9.47 Å². The van der Waals surface area contributed by atoms with E-state index in [1.165, 1.54) is 23.2 Å². The number of hydrogen-bond donors (Lipinski definition) is 1. The summed E-state index contributed by atoms with van der Waals surface area (Å²) in [4.78, 5) is 0. The van der Waals surface area contributed by atoms with Crippen LogP contribution in [0.4, 0.5) is 0 Å². The third-order valence-electron chi connectivity index (χ3n) is 4.98. The van der Waals surface area contributed by atoms with Crippen LogP contribution >= 0.6 is 0 Å². The van der Waals surface area contributed by atoms with Crippen molar-refractivity contribution in [1.82, 2.24) is 15.1 Å². The molecule has 1 aromatic carbocycles. The summed E-state index contributed by atoms with van der Waals surface area (Å²) in [6, 6.07) is 6.58. The second-order valence-electron chi connectivity index (χ2n) is 7.93. The third-order valence-corrected chi connectivity index (χ3v) is 4.98. The fourth-order valence-electron chi connectivity index (χ4n) is 3.79. The van der Waals surface area contributed by atoms with Crippen molar-refractivity contribution < 1.29 is 9.47 Å². The molecule has 1 N–H and O–H groups in total. The number of benzene rings is 1. The molecule has 0 bridgehead atoms. The van der Waals surface area contributed by atoms with E-state index in [-0.39, 0.29) is 5.54 Å². The van der Waals surface area contributed by atoms with Gasteiger partial charge in [0.2, 0.25) is 0 Å². The number of fused-ring (bicyclic) bond motifs is 2. The van der Waals surface area contributed by atoms with Crippen LogP contribution in [0.2, 0.25) is 0 Å². The zero-order valence-corrected chi connectivity index (χ0v) is 15.3. The van der Waals surface area contributed by atoms with Crippen LogP contribution in [-0.4, -0.2) is 23.0 Å². The normalized spacial score (nSPS) is 19.6. The van der Waals surface area contributed by atoms with Crippen LogP contribution in [0, 0.1) is 0 Å². The molecule has 2 aromatic rings. The van der Waals surface area contributed by atoms with Crippen LogP contribution in [0.3, 0.4) is 0 Å². The first-order chi connectivity index (χ1) is 12.0. The minimum atomic E-state index is 0.0330. The Morgan fingerprint density at radius 2 is 2.00 bits per heavy atom. The average Bonchev–Trinajstić information content (AvgIpc) is 3.05. The molecular formula is C20H27N3O2. The SMILES string of the molecule is CC(C)(C)n1ncc2c1CCC[C@H]2NCc1ccc2c(c1)OCCO2. The summed E-state index contributed by atoms with van der Waals surface area (Å²) in [6.07, 6.45) is 5.54. The molecule has 0 fully saturated rings. The molecule has 1 aliphatic heterocycles. The Balaban J connectivity index is 1.49. The summed E-state index contributed by atoms with van der Waals surface area (Å²) >= 11 is 0. The largest absolute Gasteiger partial charge is 0.486 e. The molecule has 1 aromatic heterocycles. The first-order valence-electron chi connectivity index (χ1n) is 9.21. The molecule has 0 radical (unpaired) electrons. The summed E-state index contributed by atoms with van der Waals surface area (Å²) in [7, 11) is 0. The Hall–Kier alpha value is -2.01. The number of aromatic nitrogens is 2. The van der Waals surface area contributed by atoms with Gasteiger partial charge in [0.1, 0.15) is 13.2 Å². The minimum absolute atomic E-state index is 0.0330. The maximum atomic E-state index is 5.69. The van der Waals surface area contributed by atoms with Crippen LogP contribution < -0.4 is 14.8 Å². The molecule has 2 aliphatic rings. The second-order valence-corrected chi connectivity index (χ2v) is 7.93. The molecule has 0 spiro atoms. The van der Waals surface area contributed by atoms with Crippen molar-refractivity contribution in [1.29, 1.82) is 0 Å². The standard InChI is InChI=1S/C20H27N3O2/c1-20(2,3)23-17-6-4-5-16(15(17)13-22-23)21-12-14-7-8-18-19(11-14)25-10-9-24-18/h7-8,11,13,16,21H,4-6,9-10,12H2,1-3H3/t16-/m1/s1. The molecule has 0 saturated carbocycles. The highest BCUT2D eigenvalue weighted by Crippen LogP contribution is 2.34. The maximum Gasteiger partial charge on any atom is 0.161 e. The lowest BCUT2D eigenvalue weighted by atomic mass is 9.92. The van der Waals surface area contributed by atoms with E-state index in [1.807, 2.05) is 6.07 Å². The van der Waals surface area contributed by atoms with Crippen molar-refractivity contribution in [2.45, 2.75) is 58.2 Å². The highest BCUT2D eigenvalue weighted by Gasteiger charge is 2.27. The quantitative estimate of drug-likeness (QED) is 0.927. The fourth-order valence-corrected chi connectivity index (χ4v) is 3.79. The zero-order valence-electron chi connectivity index (χ0n) is 15.3. The zero-order chi connectivity index (χ0) is 17.4. The molecule has 4 rings (SSSR count). The summed E-state index contributed by atoms with van der Waals surface area (Å²) in [6.45, 7) is 8.72. The van der Waals surface area contributed by atoms with Crippen molar-refractivity contribution in [2.75, 3.05) is 13.2 Å². The van der Waals surface area contributed by atoms with Crippen LogP contribution in [0.1, 0.15) is 56.5 Å². The number of hydrogen-bond acceptors (Lipinski definition) is 4. The van der Waals surface area contributed by atoms with Crippen LogP contribution in [0.5, 0.6) is 11.5 Å². The number of rotatable bonds is 3. The molecule has 25 heavy (non-hydrogen) atoms. The van der Waals surface area contributed by atoms with Crippen LogP contribution in [0.15, 0.2) is 24.4 Å². The van der Waals surface area contributed by atoms with Crippen molar-refractivity contribution >= 4 is 0 Å². The second kappa shape index (κ2) is 6.37. The van der Waals surface area contributed by atoms with Gasteiger partial charge in [0.05, 0.1) is 11.7 Å². The van der Waals surface area contributed by atoms with E-state index in [9.17, 15) is 0 Å². The third kappa shape index (κ3) is 3.25. The van der Waals surface area contributed by atoms with Gasteiger partial charge in [-0.05, 0) is 57.7 Å². The predicted molar refractivity (Wildman–Crippen MR) is 97.2 cm³/mol. The smallest absolute Gasteiger partial charge is 0.161 e. The molecule has 5 nitrogen and oxygen atoms in total. The van der Waals surface area contributed by atoms with Gasteiger partial charge in [-0.25, -0.2) is 0 Å². The van der Waals surface area contributed by atoms with Gasteiger partial charge < -0.3 is 14.8 Å². The van der Waals surface area contributed by atoms with Crippen LogP contribution in [-0.2, 0) is 18.5 Å². The summed E-state index contributed by atoms with van der Waals surface area (Å²) < 4.78 is 13.5. The Kier molecular flexibility index (Phi) is 4.20. The molecule has 0 amide bonds. The van der Waals surface area contributed by atoms with Gasteiger partial charge in [0.25, 0.3) is 0 Å². The number of nitrogens with one attached hydrogen (secondary N) is 1. The van der Waals surface area contributed by atoms with Gasteiger partial charge in [-0.15, -0.1) is 0 Å². The van der Waals surface area contributed by atoms with Gasteiger partial charge in [-0.1, -0.05) is 6.07 Å². The average molecular weight is 341 g/mol. The van der Waals surface area contributed by atoms with Crippen molar-refractivity contribution in [3.8, 4) is 11.5 Å². The monoisotopic (exact) mass is 341 g/mol. The van der Waals surface area contributed by atoms with E-state index < -0.39 is 0 Å². The molecule has 134 valence electrons. The van der Waals surface area contributed by atoms with E-state index in [1.54, 1.807) is 0 Å². The highest BCUT2D eigenvalue weighted by molar-refractivity contribution is 5.43. The Morgan fingerprint density at radius 3 is 2.80 bits per heavy atom. The van der Waals surface area contributed by atoms with Gasteiger partial charge >= 0.3 is 0 Å². The molecule has 5 heteroatoms. The lowest BCUT2D eigenvalue weighted by Crippen LogP contribution is -2.29. The Bertz CT molecular complexity index is 761. The van der Waals surface area contributed by atoms with E-state index in [2.05, 4.69) is 54.2 Å². The van der Waals surface area contributed by atoms with E-state index >= 15 is 0 Å². The number of ether oxygens (including phenoxy) is 2. The van der Waals surface area contributed by atoms with E-state index in [0.29, 0.717) is 19.3 Å². The summed E-state index contributed by atoms with van der Waals surface area (Å²) in [5.74, 6) is 1.71. The summed E-state index contributed by atoms with van der Waals surface area (Å²) in [5.41, 5.74) is 4.00. The molecular weight excluding hydrogens is 314 g/mol. The van der Waals surface area contributed by atoms with Gasteiger partial charge in [-0.3, -0.25) is 4.68 Å². The Morgan fingerprint density at radius 1 is 1.20 bits per heavy atom. The van der Waals surface area contributed by atoms with Gasteiger partial charge in [0, 0.05) is 23.8 Å². The predicted octanol–water partition coefficient (Wildman–Crippen LogP) is 3.58. The lowest BCUT2D eigenvalue weighted by molar-refractivity contribution is 0.171. The number of nitrogens with zero attached hydrogens (tertiary/aromatic N) is 2. The first kappa shape index (κ1) is 16.5. The van der Waals surface area contributed by atoms with Crippen molar-refractivity contribution in [2.24, 2.45) is 0 Å². The van der Waals surface area contributed by atoms with Gasteiger partial charge in [-0.2, -0.15) is 5.10 Å². The van der Waals surface area contributed by atoms with Crippen molar-refractivity contribution in [3.05, 3.63) is 41.2 Å². The highest BCUT2D eigenvalue weighted by atomic mass is 16.6. The van der Waals surface area contributed by atoms with Gasteiger partial charge in [0.15, 0.2) is 11.5 Å². The fraction of sp³-hybridized carbons (Fsp3) is 0.550. The lowest BCUT2D eigenvalue weighted by Gasteiger charge is -2.28. The Labute approximate surface area is 149 Å². The molecule has 0 unspecified atom stereocenters. The maximum absolute atomic E-state index is 5.69. The molecule has 1 aliphatic carbocycles. The molecule has 0 saturated heterocycles. The molecule has 1 atom stereocenters. The van der Waals surface area contributed by atoms with Crippen LogP contribution in [0.25, 0.3) is 0 Å². The van der Waals surface area contributed by atoms with E-state index in [0.717, 1.165) is 30.9 Å². The minimum Gasteiger partial charge on any atom is -0.486 e.